The van der Waals surface area contributed by atoms with Crippen molar-refractivity contribution in [2.24, 2.45) is 0 Å². The highest BCUT2D eigenvalue weighted by Crippen LogP contribution is 2.29. The smallest absolute Gasteiger partial charge is 0.416 e. The number of piperazine rings is 1. The highest BCUT2D eigenvalue weighted by molar-refractivity contribution is 9.10. The lowest BCUT2D eigenvalue weighted by Crippen LogP contribution is -2.58. The van der Waals surface area contributed by atoms with Crippen LogP contribution < -0.4 is 0 Å². The number of nitrogens with zero attached hydrogens (tertiary/aromatic N) is 5. The van der Waals surface area contributed by atoms with Crippen LogP contribution in [0.15, 0.2) is 41.3 Å². The van der Waals surface area contributed by atoms with Gasteiger partial charge in [-0.3, -0.25) is 9.47 Å². The van der Waals surface area contributed by atoms with Gasteiger partial charge < -0.3 is 25.2 Å². The number of benzene rings is 1. The zero-order valence-corrected chi connectivity index (χ0v) is 20.8. The minimum Gasteiger partial charge on any atom is -0.465 e. The van der Waals surface area contributed by atoms with Crippen LogP contribution in [-0.4, -0.2) is 78.4 Å². The van der Waals surface area contributed by atoms with Gasteiger partial charge >= 0.3 is 18.1 Å². The molecule has 0 unspecified atom stereocenters. The summed E-state index contributed by atoms with van der Waals surface area (Å²) >= 11 is 3.15. The second-order valence-corrected chi connectivity index (χ2v) is 9.57. The lowest BCUT2D eigenvalue weighted by Gasteiger charge is -2.43. The molecule has 0 bridgehead atoms. The molecule has 2 N–H and O–H groups in total. The summed E-state index contributed by atoms with van der Waals surface area (Å²) in [5, 5.41) is 31.5. The summed E-state index contributed by atoms with van der Waals surface area (Å²) in [5.41, 5.74) is -1.51. The molecular weight excluding hydrogens is 551 g/mol. The molecule has 0 radical (unpaired) electrons. The van der Waals surface area contributed by atoms with Crippen molar-refractivity contribution in [3.05, 3.63) is 62.5 Å². The quantitative estimate of drug-likeness (QED) is 0.358. The number of nitro groups is 1. The summed E-state index contributed by atoms with van der Waals surface area (Å²) in [6.07, 6.45) is -0.451. The number of hydrogen-bond acceptors (Lipinski definition) is 6. The number of alkyl halides is 3. The van der Waals surface area contributed by atoms with E-state index in [0.717, 1.165) is 12.1 Å². The fraction of sp³-hybridized carbons (Fsp3) is 0.455. The van der Waals surface area contributed by atoms with E-state index in [9.17, 15) is 38.3 Å². The summed E-state index contributed by atoms with van der Waals surface area (Å²) in [7, 11) is 0. The SMILES string of the molecule is C[C@](O)(CN1CCN(C(=O)O)C[C@@H]1CC=Cc1ccc(C(F)(F)F)cc1)Cn1cc([N+](=O)[O-])nc1Br. The Balaban J connectivity index is 1.70. The molecule has 0 spiro atoms. The number of aliphatic hydroxyl groups is 1. The molecule has 1 aromatic carbocycles. The maximum absolute atomic E-state index is 12.8. The van der Waals surface area contributed by atoms with Gasteiger partial charge in [-0.15, -0.1) is 0 Å². The van der Waals surface area contributed by atoms with Crippen molar-refractivity contribution in [1.82, 2.24) is 19.4 Å². The topological polar surface area (TPSA) is 125 Å². The van der Waals surface area contributed by atoms with Gasteiger partial charge in [0, 0.05) is 48.2 Å². The molecule has 196 valence electrons. The van der Waals surface area contributed by atoms with E-state index in [-0.39, 0.29) is 42.8 Å². The van der Waals surface area contributed by atoms with Crippen molar-refractivity contribution in [3.8, 4) is 0 Å². The van der Waals surface area contributed by atoms with Gasteiger partial charge in [0.2, 0.25) is 0 Å². The molecule has 1 fully saturated rings. The van der Waals surface area contributed by atoms with Gasteiger partial charge in [0.05, 0.1) is 17.7 Å². The summed E-state index contributed by atoms with van der Waals surface area (Å²) in [4.78, 5) is 28.8. The molecule has 2 heterocycles. The summed E-state index contributed by atoms with van der Waals surface area (Å²) in [5.74, 6) is -0.362. The Morgan fingerprint density at radius 2 is 1.94 bits per heavy atom. The largest absolute Gasteiger partial charge is 0.465 e. The minimum atomic E-state index is -4.42. The fourth-order valence-corrected chi connectivity index (χ4v) is 4.49. The van der Waals surface area contributed by atoms with Gasteiger partial charge in [-0.25, -0.2) is 4.79 Å². The molecule has 1 amide bonds. The zero-order chi connectivity index (χ0) is 26.7. The Labute approximate surface area is 212 Å². The molecule has 2 aromatic rings. The molecule has 0 saturated carbocycles. The molecule has 14 heteroatoms. The van der Waals surface area contributed by atoms with Crippen LogP contribution in [0, 0.1) is 10.1 Å². The first-order valence-corrected chi connectivity index (χ1v) is 11.7. The van der Waals surface area contributed by atoms with Crippen molar-refractivity contribution in [2.75, 3.05) is 26.2 Å². The van der Waals surface area contributed by atoms with Crippen LogP contribution in [0.1, 0.15) is 24.5 Å². The third-order valence-electron chi connectivity index (χ3n) is 5.79. The maximum Gasteiger partial charge on any atom is 0.416 e. The lowest BCUT2D eigenvalue weighted by atomic mass is 10.0. The van der Waals surface area contributed by atoms with Crippen LogP contribution in [0.4, 0.5) is 23.8 Å². The highest BCUT2D eigenvalue weighted by Gasteiger charge is 2.35. The van der Waals surface area contributed by atoms with E-state index >= 15 is 0 Å². The van der Waals surface area contributed by atoms with Crippen molar-refractivity contribution >= 4 is 33.9 Å². The first-order valence-electron chi connectivity index (χ1n) is 10.9. The molecule has 0 aliphatic carbocycles. The Kier molecular flexibility index (Phi) is 8.41. The van der Waals surface area contributed by atoms with Crippen LogP contribution >= 0.6 is 15.9 Å². The van der Waals surface area contributed by atoms with E-state index < -0.39 is 28.4 Å². The Bertz CT molecular complexity index is 1120. The van der Waals surface area contributed by atoms with Crippen LogP contribution in [0.5, 0.6) is 0 Å². The first kappa shape index (κ1) is 27.6. The number of carbonyl (C=O) groups is 1. The molecular formula is C22H25BrF3N5O5. The number of aromatic nitrogens is 2. The van der Waals surface area contributed by atoms with E-state index in [4.69, 9.17) is 0 Å². The first-order chi connectivity index (χ1) is 16.7. The molecule has 1 aromatic heterocycles. The Morgan fingerprint density at radius 1 is 1.28 bits per heavy atom. The number of rotatable bonds is 8. The van der Waals surface area contributed by atoms with Gasteiger partial charge in [0.15, 0.2) is 0 Å². The normalized spacial score (nSPS) is 18.9. The zero-order valence-electron chi connectivity index (χ0n) is 19.2. The van der Waals surface area contributed by atoms with Crippen molar-refractivity contribution in [1.29, 1.82) is 0 Å². The molecule has 1 saturated heterocycles. The van der Waals surface area contributed by atoms with E-state index in [2.05, 4.69) is 20.9 Å². The molecule has 10 nitrogen and oxygen atoms in total. The van der Waals surface area contributed by atoms with Gasteiger partial charge in [-0.1, -0.05) is 24.3 Å². The van der Waals surface area contributed by atoms with Crippen LogP contribution in [0.3, 0.4) is 0 Å². The molecule has 1 aliphatic rings. The number of amides is 1. The molecule has 36 heavy (non-hydrogen) atoms. The average Bonchev–Trinajstić information content (AvgIpc) is 3.14. The van der Waals surface area contributed by atoms with Gasteiger partial charge in [-0.05, 0) is 40.9 Å². The summed E-state index contributed by atoms with van der Waals surface area (Å²) < 4.78 is 39.9. The summed E-state index contributed by atoms with van der Waals surface area (Å²) in [6, 6.07) is 4.40. The fourth-order valence-electron chi connectivity index (χ4n) is 4.08. The highest BCUT2D eigenvalue weighted by atomic mass is 79.9. The standard InChI is InChI=1S/C22H25BrF3N5O5/c1-21(34,14-30-12-18(31(35)36)27-19(30)23)13-29-10-9-28(20(32)33)11-17(29)4-2-3-15-5-7-16(8-6-15)22(24,25)26/h2-3,5-8,12,17,34H,4,9-11,13-14H2,1H3,(H,32,33)/t17-,21-/m0/s1. The van der Waals surface area contributed by atoms with E-state index in [1.54, 1.807) is 19.1 Å². The van der Waals surface area contributed by atoms with Gasteiger partial charge in [-0.2, -0.15) is 13.2 Å². The second-order valence-electron chi connectivity index (χ2n) is 8.86. The van der Waals surface area contributed by atoms with Crippen molar-refractivity contribution < 1.29 is 33.1 Å². The van der Waals surface area contributed by atoms with Crippen LogP contribution in [-0.2, 0) is 12.7 Å². The van der Waals surface area contributed by atoms with Crippen molar-refractivity contribution in [3.63, 3.8) is 0 Å². The number of β-amino-alcohol motifs (C(OH)–C–C–N with tert-alkyl or cyclic N) is 1. The van der Waals surface area contributed by atoms with E-state index in [1.807, 2.05) is 4.90 Å². The average molecular weight is 576 g/mol. The van der Waals surface area contributed by atoms with Crippen LogP contribution in [0.25, 0.3) is 6.08 Å². The van der Waals surface area contributed by atoms with Crippen LogP contribution in [0.2, 0.25) is 0 Å². The predicted octanol–water partition coefficient (Wildman–Crippen LogP) is 4.09. The Hall–Kier alpha value is -2.97. The van der Waals surface area contributed by atoms with E-state index in [0.29, 0.717) is 18.5 Å². The lowest BCUT2D eigenvalue weighted by molar-refractivity contribution is -0.389. The third kappa shape index (κ3) is 7.27. The van der Waals surface area contributed by atoms with Gasteiger partial charge in [0.1, 0.15) is 6.20 Å². The predicted molar refractivity (Wildman–Crippen MR) is 127 cm³/mol. The number of hydrogen-bond donors (Lipinski definition) is 2. The number of carboxylic acid groups (broad SMARTS) is 1. The Morgan fingerprint density at radius 3 is 2.50 bits per heavy atom. The van der Waals surface area contributed by atoms with Gasteiger partial charge in [0.25, 0.3) is 4.73 Å². The molecule has 2 atom stereocenters. The molecule has 1 aliphatic heterocycles. The third-order valence-corrected chi connectivity index (χ3v) is 6.42. The monoisotopic (exact) mass is 575 g/mol. The maximum atomic E-state index is 12.8. The minimum absolute atomic E-state index is 0.00167. The molecule has 3 rings (SSSR count). The number of halogens is 4. The van der Waals surface area contributed by atoms with Crippen molar-refractivity contribution in [2.45, 2.75) is 37.7 Å². The summed E-state index contributed by atoms with van der Waals surface area (Å²) in [6.45, 7) is 2.50. The second kappa shape index (κ2) is 11.0. The number of imidazole rings is 1. The van der Waals surface area contributed by atoms with E-state index in [1.165, 1.54) is 27.8 Å².